The highest BCUT2D eigenvalue weighted by molar-refractivity contribution is 5.84. The summed E-state index contributed by atoms with van der Waals surface area (Å²) in [5.74, 6) is -0.776. The third-order valence-electron chi connectivity index (χ3n) is 2.55. The molecule has 0 radical (unpaired) electrons. The average molecular weight is 176 g/mol. The van der Waals surface area contributed by atoms with Gasteiger partial charge in [0.25, 0.3) is 6.43 Å². The Morgan fingerprint density at radius 2 is 2.08 bits per heavy atom. The van der Waals surface area contributed by atoms with Crippen LogP contribution in [0.4, 0.5) is 8.78 Å². The maximum absolute atomic E-state index is 12.0. The quantitative estimate of drug-likeness (QED) is 0.632. The first kappa shape index (κ1) is 9.62. The standard InChI is InChI=1S/C9H14F2O/c1-6-3-2-4-7(5-6)8(12)9(10)11/h6-7,9H,2-5H2,1H3. The van der Waals surface area contributed by atoms with Gasteiger partial charge in [-0.15, -0.1) is 0 Å². The van der Waals surface area contributed by atoms with Crippen molar-refractivity contribution in [2.75, 3.05) is 0 Å². The Balaban J connectivity index is 2.46. The first-order chi connectivity index (χ1) is 5.61. The summed E-state index contributed by atoms with van der Waals surface area (Å²) < 4.78 is 24.0. The number of hydrogen-bond donors (Lipinski definition) is 0. The monoisotopic (exact) mass is 176 g/mol. The van der Waals surface area contributed by atoms with Crippen molar-refractivity contribution in [3.05, 3.63) is 0 Å². The van der Waals surface area contributed by atoms with Crippen LogP contribution in [-0.4, -0.2) is 12.2 Å². The molecule has 1 saturated carbocycles. The molecule has 0 N–H and O–H groups in total. The van der Waals surface area contributed by atoms with Gasteiger partial charge in [-0.05, 0) is 18.8 Å². The molecule has 0 heterocycles. The second-order valence-corrected chi connectivity index (χ2v) is 3.67. The molecule has 3 heteroatoms. The predicted octanol–water partition coefficient (Wildman–Crippen LogP) is 2.65. The van der Waals surface area contributed by atoms with Crippen LogP contribution in [0.3, 0.4) is 0 Å². The molecule has 1 nitrogen and oxygen atoms in total. The van der Waals surface area contributed by atoms with Crippen LogP contribution in [-0.2, 0) is 4.79 Å². The molecular formula is C9H14F2O. The first-order valence-electron chi connectivity index (χ1n) is 4.43. The van der Waals surface area contributed by atoms with Gasteiger partial charge in [-0.2, -0.15) is 0 Å². The van der Waals surface area contributed by atoms with Crippen LogP contribution in [0.1, 0.15) is 32.6 Å². The highest BCUT2D eigenvalue weighted by Crippen LogP contribution is 2.30. The van der Waals surface area contributed by atoms with Crippen LogP contribution in [0.25, 0.3) is 0 Å². The molecule has 0 aromatic rings. The van der Waals surface area contributed by atoms with E-state index in [1.165, 1.54) is 0 Å². The Kier molecular flexibility index (Phi) is 3.18. The number of rotatable bonds is 2. The summed E-state index contributed by atoms with van der Waals surface area (Å²) in [4.78, 5) is 10.9. The molecule has 2 atom stereocenters. The number of alkyl halides is 2. The third-order valence-corrected chi connectivity index (χ3v) is 2.55. The minimum absolute atomic E-state index is 0.367. The molecule has 0 bridgehead atoms. The fourth-order valence-corrected chi connectivity index (χ4v) is 1.87. The molecule has 0 amide bonds. The summed E-state index contributed by atoms with van der Waals surface area (Å²) in [6.45, 7) is 2.02. The van der Waals surface area contributed by atoms with E-state index in [9.17, 15) is 13.6 Å². The van der Waals surface area contributed by atoms with Crippen LogP contribution in [0.2, 0.25) is 0 Å². The maximum atomic E-state index is 12.0. The van der Waals surface area contributed by atoms with Gasteiger partial charge in [0, 0.05) is 5.92 Å². The van der Waals surface area contributed by atoms with Crippen molar-refractivity contribution < 1.29 is 13.6 Å². The lowest BCUT2D eigenvalue weighted by Crippen LogP contribution is -2.26. The first-order valence-corrected chi connectivity index (χ1v) is 4.43. The predicted molar refractivity (Wildman–Crippen MR) is 42.1 cm³/mol. The molecule has 0 aliphatic heterocycles. The zero-order valence-corrected chi connectivity index (χ0v) is 7.22. The summed E-state index contributed by atoms with van der Waals surface area (Å²) in [5.41, 5.74) is 0. The van der Waals surface area contributed by atoms with Gasteiger partial charge in [-0.1, -0.05) is 19.8 Å². The molecular weight excluding hydrogens is 162 g/mol. The van der Waals surface area contributed by atoms with Crippen LogP contribution >= 0.6 is 0 Å². The molecule has 0 saturated heterocycles. The maximum Gasteiger partial charge on any atom is 0.296 e. The van der Waals surface area contributed by atoms with Gasteiger partial charge < -0.3 is 0 Å². The lowest BCUT2D eigenvalue weighted by atomic mass is 9.80. The van der Waals surface area contributed by atoms with Crippen molar-refractivity contribution in [3.63, 3.8) is 0 Å². The van der Waals surface area contributed by atoms with Crippen molar-refractivity contribution >= 4 is 5.78 Å². The largest absolute Gasteiger partial charge is 0.296 e. The van der Waals surface area contributed by atoms with Crippen molar-refractivity contribution in [1.82, 2.24) is 0 Å². The van der Waals surface area contributed by atoms with Gasteiger partial charge in [0.05, 0.1) is 0 Å². The Labute approximate surface area is 71.1 Å². The van der Waals surface area contributed by atoms with Crippen molar-refractivity contribution in [2.45, 2.75) is 39.0 Å². The lowest BCUT2D eigenvalue weighted by molar-refractivity contribution is -0.135. The van der Waals surface area contributed by atoms with Crippen LogP contribution in [0, 0.1) is 11.8 Å². The van der Waals surface area contributed by atoms with Crippen LogP contribution < -0.4 is 0 Å². The second kappa shape index (κ2) is 3.97. The summed E-state index contributed by atoms with van der Waals surface area (Å²) >= 11 is 0. The number of ketones is 1. The Morgan fingerprint density at radius 3 is 2.58 bits per heavy atom. The smallest absolute Gasteiger partial charge is 0.293 e. The summed E-state index contributed by atoms with van der Waals surface area (Å²) in [5, 5.41) is 0. The third kappa shape index (κ3) is 2.26. The molecule has 0 aromatic carbocycles. The molecule has 1 aliphatic rings. The lowest BCUT2D eigenvalue weighted by Gasteiger charge is -2.25. The fraction of sp³-hybridized carbons (Fsp3) is 0.889. The molecule has 1 fully saturated rings. The molecule has 1 rings (SSSR count). The Morgan fingerprint density at radius 1 is 1.42 bits per heavy atom. The number of hydrogen-bond acceptors (Lipinski definition) is 1. The van der Waals surface area contributed by atoms with E-state index in [1.807, 2.05) is 6.92 Å². The van der Waals surface area contributed by atoms with E-state index in [0.717, 1.165) is 12.8 Å². The van der Waals surface area contributed by atoms with E-state index in [-0.39, 0.29) is 5.92 Å². The minimum atomic E-state index is -2.76. The average Bonchev–Trinajstić information content (AvgIpc) is 2.03. The molecule has 2 unspecified atom stereocenters. The zero-order valence-electron chi connectivity index (χ0n) is 7.22. The summed E-state index contributed by atoms with van der Waals surface area (Å²) in [6.07, 6.45) is 0.550. The molecule has 1 aliphatic carbocycles. The topological polar surface area (TPSA) is 17.1 Å². The van der Waals surface area contributed by atoms with Crippen LogP contribution in [0.5, 0.6) is 0 Å². The van der Waals surface area contributed by atoms with Crippen molar-refractivity contribution in [2.24, 2.45) is 11.8 Å². The normalized spacial score (nSPS) is 30.7. The van der Waals surface area contributed by atoms with E-state index in [1.54, 1.807) is 0 Å². The van der Waals surface area contributed by atoms with Gasteiger partial charge in [-0.3, -0.25) is 4.79 Å². The number of Topliss-reactive ketones (excluding diaryl/α,β-unsaturated/α-hetero) is 1. The summed E-state index contributed by atoms with van der Waals surface area (Å²) in [7, 11) is 0. The number of halogens is 2. The Hall–Kier alpha value is -0.470. The van der Waals surface area contributed by atoms with Crippen molar-refractivity contribution in [3.8, 4) is 0 Å². The summed E-state index contributed by atoms with van der Waals surface area (Å²) in [6, 6.07) is 0. The Bertz CT molecular complexity index is 168. The van der Waals surface area contributed by atoms with Gasteiger partial charge in [0.2, 0.25) is 5.78 Å². The highest BCUT2D eigenvalue weighted by atomic mass is 19.3. The SMILES string of the molecule is CC1CCCC(C(=O)C(F)F)C1. The molecule has 0 spiro atoms. The van der Waals surface area contributed by atoms with Gasteiger partial charge in [0.1, 0.15) is 0 Å². The van der Waals surface area contributed by atoms with Gasteiger partial charge >= 0.3 is 0 Å². The van der Waals surface area contributed by atoms with E-state index in [4.69, 9.17) is 0 Å². The zero-order chi connectivity index (χ0) is 9.14. The van der Waals surface area contributed by atoms with E-state index in [0.29, 0.717) is 18.8 Å². The molecule has 70 valence electrons. The van der Waals surface area contributed by atoms with Crippen LogP contribution in [0.15, 0.2) is 0 Å². The molecule has 12 heavy (non-hydrogen) atoms. The van der Waals surface area contributed by atoms with Gasteiger partial charge in [0.15, 0.2) is 0 Å². The number of carbonyl (C=O) groups is 1. The van der Waals surface area contributed by atoms with E-state index < -0.39 is 12.2 Å². The second-order valence-electron chi connectivity index (χ2n) is 3.67. The van der Waals surface area contributed by atoms with E-state index in [2.05, 4.69) is 0 Å². The highest BCUT2D eigenvalue weighted by Gasteiger charge is 2.29. The minimum Gasteiger partial charge on any atom is -0.293 e. The van der Waals surface area contributed by atoms with E-state index >= 15 is 0 Å². The fourth-order valence-electron chi connectivity index (χ4n) is 1.87. The molecule has 0 aromatic heterocycles. The number of carbonyl (C=O) groups excluding carboxylic acids is 1. The van der Waals surface area contributed by atoms with Crippen molar-refractivity contribution in [1.29, 1.82) is 0 Å². The van der Waals surface area contributed by atoms with Gasteiger partial charge in [-0.25, -0.2) is 8.78 Å².